The van der Waals surface area contributed by atoms with Gasteiger partial charge < -0.3 is 18.9 Å². The molecule has 3 rings (SSSR count). The number of thiazole rings is 1. The zero-order chi connectivity index (χ0) is 20.5. The van der Waals surface area contributed by atoms with Crippen LogP contribution in [0, 0.1) is 0 Å². The summed E-state index contributed by atoms with van der Waals surface area (Å²) in [6.07, 6.45) is -7.58. The van der Waals surface area contributed by atoms with Gasteiger partial charge in [-0.3, -0.25) is 4.57 Å². The Morgan fingerprint density at radius 3 is 2.57 bits per heavy atom. The molecular weight excluding hydrogens is 418 g/mol. The summed E-state index contributed by atoms with van der Waals surface area (Å²) in [5.41, 5.74) is 2.54. The molecule has 1 heterocycles. The Morgan fingerprint density at radius 1 is 1.29 bits per heavy atom. The molecule has 0 radical (unpaired) electrons. The van der Waals surface area contributed by atoms with Gasteiger partial charge in [0.1, 0.15) is 5.75 Å². The summed E-state index contributed by atoms with van der Waals surface area (Å²) < 4.78 is 67.8. The van der Waals surface area contributed by atoms with Crippen LogP contribution in [0.5, 0.6) is 5.75 Å². The molecule has 0 saturated heterocycles. The van der Waals surface area contributed by atoms with E-state index in [-0.39, 0.29) is 37.3 Å². The molecular formula is C17H19F3NO5PS. The van der Waals surface area contributed by atoms with Crippen LogP contribution in [0.25, 0.3) is 11.3 Å². The number of hydrogen-bond donors (Lipinski definition) is 1. The molecule has 11 heteroatoms. The third kappa shape index (κ3) is 4.11. The maximum absolute atomic E-state index is 13.1. The topological polar surface area (TPSA) is 77.9 Å². The number of aliphatic hydroxyl groups excluding tert-OH is 1. The molecule has 1 atom stereocenters. The molecule has 0 bridgehead atoms. The van der Waals surface area contributed by atoms with Crippen molar-refractivity contribution in [1.82, 2.24) is 4.98 Å². The fourth-order valence-electron chi connectivity index (χ4n) is 3.06. The molecule has 0 saturated carbocycles. The fraction of sp³-hybridized carbons (Fsp3) is 0.471. The van der Waals surface area contributed by atoms with Gasteiger partial charge in [-0.15, -0.1) is 11.3 Å². The van der Waals surface area contributed by atoms with Gasteiger partial charge in [-0.05, 0) is 31.0 Å². The number of benzene rings is 1. The third-order valence-electron chi connectivity index (χ3n) is 4.16. The van der Waals surface area contributed by atoms with Crippen LogP contribution in [-0.2, 0) is 20.0 Å². The zero-order valence-electron chi connectivity index (χ0n) is 15.2. The van der Waals surface area contributed by atoms with E-state index in [0.717, 1.165) is 4.88 Å². The summed E-state index contributed by atoms with van der Waals surface area (Å²) in [6.45, 7) is 3.65. The number of ether oxygens (including phenoxy) is 1. The van der Waals surface area contributed by atoms with Crippen molar-refractivity contribution in [2.75, 3.05) is 19.6 Å². The summed E-state index contributed by atoms with van der Waals surface area (Å²) in [4.78, 5) is 5.00. The minimum Gasteiger partial charge on any atom is -0.480 e. The second-order valence-corrected chi connectivity index (χ2v) is 8.91. The van der Waals surface area contributed by atoms with Gasteiger partial charge in [0.2, 0.25) is 0 Å². The average Bonchev–Trinajstić information content (AvgIpc) is 3.20. The first-order valence-electron chi connectivity index (χ1n) is 8.54. The molecule has 0 fully saturated rings. The van der Waals surface area contributed by atoms with Crippen LogP contribution < -0.4 is 4.74 Å². The average molecular weight is 437 g/mol. The number of aromatic nitrogens is 1. The van der Waals surface area contributed by atoms with E-state index in [1.54, 1.807) is 19.4 Å². The molecule has 1 aliphatic rings. The normalized spacial score (nSPS) is 14.6. The van der Waals surface area contributed by atoms with E-state index in [4.69, 9.17) is 13.8 Å². The minimum atomic E-state index is -4.79. The Balaban J connectivity index is 1.98. The lowest BCUT2D eigenvalue weighted by Gasteiger charge is -2.21. The van der Waals surface area contributed by atoms with E-state index >= 15 is 0 Å². The van der Waals surface area contributed by atoms with Gasteiger partial charge in [-0.2, -0.15) is 13.2 Å². The first kappa shape index (κ1) is 21.3. The first-order valence-corrected chi connectivity index (χ1v) is 11.1. The van der Waals surface area contributed by atoms with Crippen molar-refractivity contribution in [2.45, 2.75) is 32.5 Å². The van der Waals surface area contributed by atoms with E-state index in [0.29, 0.717) is 16.8 Å². The standard InChI is InChI=1S/C17H19F3NO5PS/c1-3-25-27(23,26-4-2)9-24-12-6-5-10(16(22)17(18,19)20)11-7-13-15(14(11)12)21-8-28-13/h5-6,8,16,22H,3-4,7,9H2,1-2H3. The molecule has 1 N–H and O–H groups in total. The molecule has 1 aromatic carbocycles. The van der Waals surface area contributed by atoms with E-state index in [9.17, 15) is 22.8 Å². The van der Waals surface area contributed by atoms with Crippen LogP contribution in [0.2, 0.25) is 0 Å². The molecule has 0 amide bonds. The van der Waals surface area contributed by atoms with Crippen molar-refractivity contribution in [3.05, 3.63) is 33.6 Å². The van der Waals surface area contributed by atoms with Gasteiger partial charge in [-0.1, -0.05) is 6.07 Å². The van der Waals surface area contributed by atoms with Crippen LogP contribution in [0.1, 0.15) is 36.0 Å². The Kier molecular flexibility index (Phi) is 6.17. The van der Waals surface area contributed by atoms with Crippen molar-refractivity contribution in [1.29, 1.82) is 0 Å². The molecule has 1 unspecified atom stereocenters. The fourth-order valence-corrected chi connectivity index (χ4v) is 5.15. The molecule has 2 aromatic rings. The van der Waals surface area contributed by atoms with Crippen LogP contribution in [0.3, 0.4) is 0 Å². The SMILES string of the molecule is CCOP(=O)(COc1ccc(C(O)C(F)(F)F)c2c1-c1ncsc1C2)OCC. The lowest BCUT2D eigenvalue weighted by molar-refractivity contribution is -0.207. The Labute approximate surface area is 163 Å². The second-order valence-electron chi connectivity index (χ2n) is 5.97. The predicted molar refractivity (Wildman–Crippen MR) is 97.7 cm³/mol. The summed E-state index contributed by atoms with van der Waals surface area (Å²) in [5.74, 6) is 0.220. The number of rotatable bonds is 8. The van der Waals surface area contributed by atoms with Crippen molar-refractivity contribution < 1.29 is 36.6 Å². The largest absolute Gasteiger partial charge is 0.480 e. The van der Waals surface area contributed by atoms with Crippen LogP contribution >= 0.6 is 18.9 Å². The Bertz CT molecular complexity index is 891. The number of fused-ring (bicyclic) bond motifs is 3. The van der Waals surface area contributed by atoms with E-state index in [1.165, 1.54) is 23.5 Å². The highest BCUT2D eigenvalue weighted by atomic mass is 32.1. The number of halogens is 3. The van der Waals surface area contributed by atoms with E-state index < -0.39 is 19.9 Å². The lowest BCUT2D eigenvalue weighted by atomic mass is 9.97. The van der Waals surface area contributed by atoms with E-state index in [2.05, 4.69) is 4.98 Å². The molecule has 0 spiro atoms. The number of aliphatic hydroxyl groups is 1. The van der Waals surface area contributed by atoms with Gasteiger partial charge in [0.15, 0.2) is 12.5 Å². The van der Waals surface area contributed by atoms with Gasteiger partial charge in [0.05, 0.1) is 24.4 Å². The number of alkyl halides is 3. The third-order valence-corrected chi connectivity index (χ3v) is 6.74. The second kappa shape index (κ2) is 8.12. The smallest absolute Gasteiger partial charge is 0.418 e. The summed E-state index contributed by atoms with van der Waals surface area (Å²) in [7, 11) is -3.51. The maximum atomic E-state index is 13.1. The van der Waals surface area contributed by atoms with Gasteiger partial charge in [0, 0.05) is 16.9 Å². The van der Waals surface area contributed by atoms with Crippen molar-refractivity contribution in [3.8, 4) is 17.0 Å². The summed E-state index contributed by atoms with van der Waals surface area (Å²) >= 11 is 1.31. The Hall–Kier alpha value is -1.45. The summed E-state index contributed by atoms with van der Waals surface area (Å²) in [5, 5.41) is 9.76. The molecule has 6 nitrogen and oxygen atoms in total. The Morgan fingerprint density at radius 2 is 1.96 bits per heavy atom. The minimum absolute atomic E-state index is 0.158. The molecule has 0 aliphatic heterocycles. The predicted octanol–water partition coefficient (Wildman–Crippen LogP) is 4.91. The highest BCUT2D eigenvalue weighted by molar-refractivity contribution is 7.53. The van der Waals surface area contributed by atoms with Crippen molar-refractivity contribution in [3.63, 3.8) is 0 Å². The monoisotopic (exact) mass is 437 g/mol. The van der Waals surface area contributed by atoms with Gasteiger partial charge in [-0.25, -0.2) is 4.98 Å². The lowest BCUT2D eigenvalue weighted by Crippen LogP contribution is -2.21. The maximum Gasteiger partial charge on any atom is 0.418 e. The van der Waals surface area contributed by atoms with Gasteiger partial charge in [0.25, 0.3) is 0 Å². The number of nitrogens with zero attached hydrogens (tertiary/aromatic N) is 1. The number of hydrogen-bond acceptors (Lipinski definition) is 7. The van der Waals surface area contributed by atoms with E-state index in [1.807, 2.05) is 0 Å². The van der Waals surface area contributed by atoms with Crippen molar-refractivity contribution >= 4 is 18.9 Å². The molecule has 154 valence electrons. The molecule has 1 aromatic heterocycles. The van der Waals surface area contributed by atoms with Crippen LogP contribution in [0.15, 0.2) is 17.6 Å². The highest BCUT2D eigenvalue weighted by Crippen LogP contribution is 2.51. The highest BCUT2D eigenvalue weighted by Gasteiger charge is 2.42. The van der Waals surface area contributed by atoms with Crippen LogP contribution in [0.4, 0.5) is 13.2 Å². The van der Waals surface area contributed by atoms with Crippen LogP contribution in [-0.4, -0.2) is 35.8 Å². The molecule has 1 aliphatic carbocycles. The van der Waals surface area contributed by atoms with Gasteiger partial charge >= 0.3 is 13.8 Å². The summed E-state index contributed by atoms with van der Waals surface area (Å²) in [6, 6.07) is 2.49. The van der Waals surface area contributed by atoms with Crippen molar-refractivity contribution in [2.24, 2.45) is 0 Å². The quantitative estimate of drug-likeness (QED) is 0.505. The zero-order valence-corrected chi connectivity index (χ0v) is 16.9. The first-order chi connectivity index (χ1) is 13.2. The molecule has 28 heavy (non-hydrogen) atoms.